The van der Waals surface area contributed by atoms with Gasteiger partial charge in [-0.25, -0.2) is 0 Å². The number of nitrogens with zero attached hydrogens (tertiary/aromatic N) is 3. The van der Waals surface area contributed by atoms with Gasteiger partial charge >= 0.3 is 0 Å². The fraction of sp³-hybridized carbons (Fsp3) is 0.0690. The van der Waals surface area contributed by atoms with E-state index >= 15 is 0 Å². The van der Waals surface area contributed by atoms with Crippen molar-refractivity contribution in [3.05, 3.63) is 198 Å². The Kier molecular flexibility index (Phi) is 7.50. The van der Waals surface area contributed by atoms with Gasteiger partial charge in [0.05, 0.1) is 16.9 Å². The van der Waals surface area contributed by atoms with E-state index < -0.39 is 0 Å². The SMILES string of the molecule is Cc1ccc(N(c2ccccc2)c2cc3c4ccccc4oc3c3c2c2cccc4c5c(N(c6ccccc6)c6ccc(C)cc6C)cc6c7ccccc7oc6c5n3c24)c(C)c1. The summed E-state index contributed by atoms with van der Waals surface area (Å²) in [4.78, 5) is 4.89. The van der Waals surface area contributed by atoms with E-state index in [2.05, 4.69) is 218 Å². The van der Waals surface area contributed by atoms with Crippen LogP contribution in [-0.4, -0.2) is 4.40 Å². The van der Waals surface area contributed by atoms with E-state index in [1.807, 2.05) is 0 Å². The molecule has 0 fully saturated rings. The number of rotatable bonds is 6. The number of furan rings is 2. The van der Waals surface area contributed by atoms with Crippen molar-refractivity contribution in [1.82, 2.24) is 4.40 Å². The van der Waals surface area contributed by atoms with Crippen LogP contribution in [0.2, 0.25) is 0 Å². The first-order valence-electron chi connectivity index (χ1n) is 21.7. The Hall–Kier alpha value is -8.02. The molecule has 0 bridgehead atoms. The molecule has 9 aromatic carbocycles. The van der Waals surface area contributed by atoms with Gasteiger partial charge in [-0.1, -0.05) is 126 Å². The van der Waals surface area contributed by atoms with Crippen molar-refractivity contribution in [2.24, 2.45) is 0 Å². The molecule has 0 radical (unpaired) electrons. The number of para-hydroxylation sites is 5. The molecule has 300 valence electrons. The standard InChI is InChI=1S/C58H41N3O2/c1-34-26-28-46(36(3)30-34)59(38-16-7-5-8-17-38)48-32-44-40-20-11-13-24-50(40)62-57(44)55-52(48)42-22-15-23-43-53-49(60(39-18-9-6-10-19-39)47-29-27-35(2)31-37(47)4)33-45-41-21-12-14-25-51(41)63-58(45)56(53)61(55)54(42)43/h5-33H,1-4H3. The molecule has 5 nitrogen and oxygen atoms in total. The zero-order chi connectivity index (χ0) is 42.1. The molecule has 0 aliphatic carbocycles. The number of aryl methyl sites for hydroxylation is 4. The number of hydrogen-bond acceptors (Lipinski definition) is 4. The van der Waals surface area contributed by atoms with Crippen molar-refractivity contribution < 1.29 is 8.83 Å². The lowest BCUT2D eigenvalue weighted by atomic mass is 10.00. The molecular weight excluding hydrogens is 771 g/mol. The lowest BCUT2D eigenvalue weighted by Crippen LogP contribution is -2.12. The largest absolute Gasteiger partial charge is 0.454 e. The highest BCUT2D eigenvalue weighted by Gasteiger charge is 2.32. The molecule has 13 aromatic rings. The molecular formula is C58H41N3O2. The van der Waals surface area contributed by atoms with E-state index in [1.54, 1.807) is 0 Å². The maximum atomic E-state index is 7.10. The van der Waals surface area contributed by atoms with Crippen LogP contribution in [-0.2, 0) is 0 Å². The van der Waals surface area contributed by atoms with E-state index in [1.165, 1.54) is 22.3 Å². The van der Waals surface area contributed by atoms with Gasteiger partial charge in [0.15, 0.2) is 11.2 Å². The Bertz CT molecular complexity index is 3710. The minimum absolute atomic E-state index is 0.850. The van der Waals surface area contributed by atoms with Crippen LogP contribution >= 0.6 is 0 Å². The number of hydrogen-bond donors (Lipinski definition) is 0. The molecule has 0 N–H and O–H groups in total. The molecule has 4 aromatic heterocycles. The van der Waals surface area contributed by atoms with Crippen LogP contribution in [0.4, 0.5) is 34.1 Å². The minimum atomic E-state index is 0.850. The molecule has 13 rings (SSSR count). The zero-order valence-electron chi connectivity index (χ0n) is 35.4. The summed E-state index contributed by atoms with van der Waals surface area (Å²) >= 11 is 0. The third-order valence-electron chi connectivity index (χ3n) is 13.2. The average Bonchev–Trinajstić information content (AvgIpc) is 4.06. The van der Waals surface area contributed by atoms with Gasteiger partial charge in [0.1, 0.15) is 22.2 Å². The first-order valence-corrected chi connectivity index (χ1v) is 21.7. The summed E-state index contributed by atoms with van der Waals surface area (Å²) in [5.41, 5.74) is 18.0. The summed E-state index contributed by atoms with van der Waals surface area (Å²) in [5, 5.41) is 8.82. The van der Waals surface area contributed by atoms with E-state index in [0.29, 0.717) is 0 Å². The molecule has 5 heteroatoms. The van der Waals surface area contributed by atoms with Gasteiger partial charge in [0.2, 0.25) is 0 Å². The van der Waals surface area contributed by atoms with Crippen molar-refractivity contribution in [2.75, 3.05) is 9.80 Å². The molecule has 0 spiro atoms. The summed E-state index contributed by atoms with van der Waals surface area (Å²) in [7, 11) is 0. The van der Waals surface area contributed by atoms with Gasteiger partial charge in [-0.3, -0.25) is 0 Å². The predicted octanol–water partition coefficient (Wildman–Crippen LogP) is 16.8. The first-order chi connectivity index (χ1) is 30.9. The van der Waals surface area contributed by atoms with Crippen molar-refractivity contribution in [1.29, 1.82) is 0 Å². The van der Waals surface area contributed by atoms with E-state index in [-0.39, 0.29) is 0 Å². The summed E-state index contributed by atoms with van der Waals surface area (Å²) in [6.07, 6.45) is 0. The highest BCUT2D eigenvalue weighted by Crippen LogP contribution is 2.54. The Morgan fingerprint density at radius 1 is 0.349 bits per heavy atom. The zero-order valence-corrected chi connectivity index (χ0v) is 35.4. The summed E-state index contributed by atoms with van der Waals surface area (Å²) in [6, 6.07) is 63.5. The topological polar surface area (TPSA) is 37.2 Å². The number of aromatic nitrogens is 1. The molecule has 0 aliphatic heterocycles. The maximum absolute atomic E-state index is 7.10. The highest BCUT2D eigenvalue weighted by atomic mass is 16.3. The van der Waals surface area contributed by atoms with Crippen LogP contribution in [0, 0.1) is 27.7 Å². The van der Waals surface area contributed by atoms with Crippen molar-refractivity contribution in [3.63, 3.8) is 0 Å². The van der Waals surface area contributed by atoms with Gasteiger partial charge in [-0.2, -0.15) is 0 Å². The fourth-order valence-corrected chi connectivity index (χ4v) is 10.6. The van der Waals surface area contributed by atoms with Crippen LogP contribution in [0.15, 0.2) is 185 Å². The average molecular weight is 812 g/mol. The number of fused-ring (bicyclic) bond motifs is 14. The number of benzene rings is 9. The van der Waals surface area contributed by atoms with Gasteiger partial charge in [0.25, 0.3) is 0 Å². The highest BCUT2D eigenvalue weighted by molar-refractivity contribution is 6.36. The van der Waals surface area contributed by atoms with Crippen LogP contribution in [0.25, 0.3) is 82.0 Å². The summed E-state index contributed by atoms with van der Waals surface area (Å²) in [5.74, 6) is 0. The van der Waals surface area contributed by atoms with Crippen molar-refractivity contribution in [2.45, 2.75) is 27.7 Å². The molecule has 4 heterocycles. The fourth-order valence-electron chi connectivity index (χ4n) is 10.6. The van der Waals surface area contributed by atoms with Crippen LogP contribution < -0.4 is 9.80 Å². The second-order valence-corrected chi connectivity index (χ2v) is 17.1. The van der Waals surface area contributed by atoms with Crippen LogP contribution in [0.1, 0.15) is 22.3 Å². The Balaban J connectivity index is 1.28. The van der Waals surface area contributed by atoms with Crippen molar-refractivity contribution in [3.8, 4) is 0 Å². The van der Waals surface area contributed by atoms with Gasteiger partial charge in [-0.15, -0.1) is 0 Å². The maximum Gasteiger partial charge on any atom is 0.160 e. The smallest absolute Gasteiger partial charge is 0.160 e. The summed E-state index contributed by atoms with van der Waals surface area (Å²) < 4.78 is 16.7. The van der Waals surface area contributed by atoms with Gasteiger partial charge < -0.3 is 23.0 Å². The minimum Gasteiger partial charge on any atom is -0.454 e. The predicted molar refractivity (Wildman–Crippen MR) is 264 cm³/mol. The van der Waals surface area contributed by atoms with E-state index in [9.17, 15) is 0 Å². The lowest BCUT2D eigenvalue weighted by Gasteiger charge is -2.29. The van der Waals surface area contributed by atoms with Crippen molar-refractivity contribution >= 4 is 116 Å². The molecule has 0 unspecified atom stereocenters. The molecule has 0 amide bonds. The van der Waals surface area contributed by atoms with Crippen LogP contribution in [0.5, 0.6) is 0 Å². The Labute approximate surface area is 363 Å². The molecule has 0 saturated heterocycles. The monoisotopic (exact) mass is 811 g/mol. The van der Waals surface area contributed by atoms with Gasteiger partial charge in [-0.05, 0) is 99.5 Å². The molecule has 0 aliphatic rings. The lowest BCUT2D eigenvalue weighted by molar-refractivity contribution is 0.670. The Morgan fingerprint density at radius 3 is 1.21 bits per heavy atom. The Morgan fingerprint density at radius 2 is 0.762 bits per heavy atom. The first kappa shape index (κ1) is 35.7. The molecule has 63 heavy (non-hydrogen) atoms. The normalized spacial score (nSPS) is 12.1. The second-order valence-electron chi connectivity index (χ2n) is 17.1. The third-order valence-corrected chi connectivity index (χ3v) is 13.2. The second kappa shape index (κ2) is 13.2. The third kappa shape index (κ3) is 5.05. The quantitative estimate of drug-likeness (QED) is 0.168. The molecule has 0 atom stereocenters. The molecule has 0 saturated carbocycles. The van der Waals surface area contributed by atoms with Gasteiger partial charge in [0, 0.05) is 65.8 Å². The summed E-state index contributed by atoms with van der Waals surface area (Å²) in [6.45, 7) is 8.76. The number of anilines is 6. The van der Waals surface area contributed by atoms with Crippen LogP contribution in [0.3, 0.4) is 0 Å². The van der Waals surface area contributed by atoms with E-state index in [0.717, 1.165) is 116 Å². The van der Waals surface area contributed by atoms with E-state index in [4.69, 9.17) is 8.83 Å².